The first kappa shape index (κ1) is 21.8. The van der Waals surface area contributed by atoms with Crippen LogP contribution in [0.4, 0.5) is 5.69 Å². The van der Waals surface area contributed by atoms with E-state index in [9.17, 15) is 18.0 Å². The Morgan fingerprint density at radius 1 is 1.17 bits per heavy atom. The van der Waals surface area contributed by atoms with Gasteiger partial charge < -0.3 is 9.73 Å². The molecule has 1 amide bonds. The molecule has 0 aliphatic carbocycles. The fourth-order valence-corrected chi connectivity index (χ4v) is 4.39. The molecule has 0 saturated carbocycles. The van der Waals surface area contributed by atoms with E-state index in [0.717, 1.165) is 5.56 Å². The zero-order valence-corrected chi connectivity index (χ0v) is 18.1. The number of amides is 1. The molecule has 30 heavy (non-hydrogen) atoms. The topological polar surface area (TPSA) is 110 Å². The first-order valence-electron chi connectivity index (χ1n) is 9.56. The summed E-state index contributed by atoms with van der Waals surface area (Å²) in [4.78, 5) is 24.4. The third-order valence-electron chi connectivity index (χ3n) is 4.68. The van der Waals surface area contributed by atoms with E-state index in [1.807, 2.05) is 39.0 Å². The largest absolute Gasteiger partial charge is 0.419 e. The third-order valence-corrected chi connectivity index (χ3v) is 6.15. The van der Waals surface area contributed by atoms with Crippen molar-refractivity contribution in [2.75, 3.05) is 5.32 Å². The number of rotatable bonds is 7. The lowest BCUT2D eigenvalue weighted by Crippen LogP contribution is -2.44. The maximum absolute atomic E-state index is 13.0. The molecule has 3 rings (SSSR count). The van der Waals surface area contributed by atoms with Gasteiger partial charge in [-0.25, -0.2) is 13.2 Å². The molecule has 1 heterocycles. The summed E-state index contributed by atoms with van der Waals surface area (Å²) in [6, 6.07) is 10.5. The van der Waals surface area contributed by atoms with Crippen LogP contribution in [0, 0.1) is 12.8 Å². The minimum Gasteiger partial charge on any atom is -0.408 e. The third kappa shape index (κ3) is 4.80. The molecule has 1 unspecified atom stereocenters. The Labute approximate surface area is 174 Å². The number of aromatic nitrogens is 1. The van der Waals surface area contributed by atoms with Gasteiger partial charge in [0, 0.05) is 18.8 Å². The number of hydrogen-bond acceptors (Lipinski definition) is 5. The molecule has 1 aromatic heterocycles. The van der Waals surface area contributed by atoms with Gasteiger partial charge >= 0.3 is 5.76 Å². The molecule has 2 aromatic carbocycles. The Hall–Kier alpha value is -2.91. The van der Waals surface area contributed by atoms with Crippen LogP contribution in [-0.2, 0) is 21.9 Å². The van der Waals surface area contributed by atoms with Crippen molar-refractivity contribution in [2.45, 2.75) is 38.1 Å². The number of sulfonamides is 1. The van der Waals surface area contributed by atoms with Gasteiger partial charge in [-0.3, -0.25) is 9.36 Å². The highest BCUT2D eigenvalue weighted by Crippen LogP contribution is 2.20. The summed E-state index contributed by atoms with van der Waals surface area (Å²) < 4.78 is 34.8. The first-order chi connectivity index (χ1) is 14.1. The van der Waals surface area contributed by atoms with Crippen LogP contribution < -0.4 is 15.8 Å². The number of oxazole rings is 1. The lowest BCUT2D eigenvalue weighted by atomic mass is 10.0. The van der Waals surface area contributed by atoms with Gasteiger partial charge in [0.2, 0.25) is 15.9 Å². The summed E-state index contributed by atoms with van der Waals surface area (Å²) in [5.41, 5.74) is 2.22. The summed E-state index contributed by atoms with van der Waals surface area (Å²) in [5, 5.41) is 2.77. The molecule has 0 radical (unpaired) electrons. The second kappa shape index (κ2) is 8.45. The van der Waals surface area contributed by atoms with Gasteiger partial charge in [-0.1, -0.05) is 26.0 Å². The number of carbonyl (C=O) groups is 1. The monoisotopic (exact) mass is 431 g/mol. The van der Waals surface area contributed by atoms with Crippen LogP contribution in [0.3, 0.4) is 0 Å². The van der Waals surface area contributed by atoms with Crippen molar-refractivity contribution in [1.29, 1.82) is 0 Å². The molecule has 160 valence electrons. The van der Waals surface area contributed by atoms with E-state index in [-0.39, 0.29) is 16.4 Å². The molecule has 8 nitrogen and oxygen atoms in total. The van der Waals surface area contributed by atoms with Crippen molar-refractivity contribution >= 4 is 32.7 Å². The number of nitrogens with one attached hydrogen (secondary N) is 2. The van der Waals surface area contributed by atoms with Gasteiger partial charge in [-0.2, -0.15) is 4.72 Å². The number of carbonyl (C=O) groups excluding carboxylic acids is 1. The molecule has 0 fully saturated rings. The zero-order chi connectivity index (χ0) is 22.1. The summed E-state index contributed by atoms with van der Waals surface area (Å²) in [5.74, 6) is -0.941. The van der Waals surface area contributed by atoms with E-state index in [0.29, 0.717) is 17.6 Å². The Morgan fingerprint density at radius 3 is 2.57 bits per heavy atom. The normalized spacial score (nSPS) is 13.0. The van der Waals surface area contributed by atoms with E-state index >= 15 is 0 Å². The molecule has 3 aromatic rings. The highest BCUT2D eigenvalue weighted by Gasteiger charge is 2.27. The molecule has 0 saturated heterocycles. The quantitative estimate of drug-likeness (QED) is 0.598. The van der Waals surface area contributed by atoms with Gasteiger partial charge in [-0.05, 0) is 49.1 Å². The maximum Gasteiger partial charge on any atom is 0.419 e. The highest BCUT2D eigenvalue weighted by molar-refractivity contribution is 7.89. The molecule has 0 bridgehead atoms. The summed E-state index contributed by atoms with van der Waals surface area (Å²) >= 11 is 0. The number of nitrogens with zero attached hydrogens (tertiary/aromatic N) is 1. The molecule has 2 N–H and O–H groups in total. The van der Waals surface area contributed by atoms with Crippen molar-refractivity contribution in [3.8, 4) is 0 Å². The highest BCUT2D eigenvalue weighted by atomic mass is 32.2. The molecule has 9 heteroatoms. The lowest BCUT2D eigenvalue weighted by Gasteiger charge is -2.20. The Kier molecular flexibility index (Phi) is 6.14. The molecule has 0 spiro atoms. The Bertz CT molecular complexity index is 1240. The maximum atomic E-state index is 13.0. The number of hydrogen-bond donors (Lipinski definition) is 2. The number of fused-ring (bicyclic) bond motifs is 1. The summed E-state index contributed by atoms with van der Waals surface area (Å²) in [6.45, 7) is 5.72. The van der Waals surface area contributed by atoms with Gasteiger partial charge in [0.05, 0.1) is 10.4 Å². The SMILES string of the molecule is Cc1cccc(NC(=O)C(CC(C)C)NS(=O)(=O)c2ccc3c(c2)oc(=O)n3C)c1. The van der Waals surface area contributed by atoms with E-state index in [1.54, 1.807) is 6.07 Å². The van der Waals surface area contributed by atoms with E-state index < -0.39 is 27.7 Å². The van der Waals surface area contributed by atoms with Crippen LogP contribution in [-0.4, -0.2) is 24.9 Å². The standard InChI is InChI=1S/C21H25N3O5S/c1-13(2)10-17(20(25)22-15-7-5-6-14(3)11-15)23-30(27,28)16-8-9-18-19(12-16)29-21(26)24(18)4/h5-9,11-13,17,23H,10H2,1-4H3,(H,22,25). The molecule has 0 aliphatic rings. The van der Waals surface area contributed by atoms with Crippen molar-refractivity contribution < 1.29 is 17.6 Å². The Morgan fingerprint density at radius 2 is 1.90 bits per heavy atom. The Balaban J connectivity index is 1.87. The van der Waals surface area contributed by atoms with Gasteiger partial charge in [0.1, 0.15) is 6.04 Å². The van der Waals surface area contributed by atoms with Gasteiger partial charge in [0.25, 0.3) is 0 Å². The van der Waals surface area contributed by atoms with Crippen molar-refractivity contribution in [1.82, 2.24) is 9.29 Å². The summed E-state index contributed by atoms with van der Waals surface area (Å²) in [6.07, 6.45) is 0.319. The van der Waals surface area contributed by atoms with E-state index in [1.165, 1.54) is 29.8 Å². The fourth-order valence-electron chi connectivity index (χ4n) is 3.17. The smallest absolute Gasteiger partial charge is 0.408 e. The average Bonchev–Trinajstić information content (AvgIpc) is 2.94. The fraction of sp³-hybridized carbons (Fsp3) is 0.333. The van der Waals surface area contributed by atoms with E-state index in [4.69, 9.17) is 4.42 Å². The van der Waals surface area contributed by atoms with Crippen LogP contribution in [0.25, 0.3) is 11.1 Å². The zero-order valence-electron chi connectivity index (χ0n) is 17.3. The lowest BCUT2D eigenvalue weighted by molar-refractivity contribution is -0.118. The van der Waals surface area contributed by atoms with Crippen LogP contribution >= 0.6 is 0 Å². The second-order valence-electron chi connectivity index (χ2n) is 7.72. The van der Waals surface area contributed by atoms with Crippen molar-refractivity contribution in [2.24, 2.45) is 13.0 Å². The van der Waals surface area contributed by atoms with Crippen LogP contribution in [0.5, 0.6) is 0 Å². The number of aryl methyl sites for hydroxylation is 2. The van der Waals surface area contributed by atoms with E-state index in [2.05, 4.69) is 10.0 Å². The minimum absolute atomic E-state index is 0.0792. The van der Waals surface area contributed by atoms with Crippen LogP contribution in [0.15, 0.2) is 56.6 Å². The average molecular weight is 432 g/mol. The van der Waals surface area contributed by atoms with Crippen LogP contribution in [0.1, 0.15) is 25.8 Å². The molecule has 1 atom stereocenters. The summed E-state index contributed by atoms with van der Waals surface area (Å²) in [7, 11) is -2.49. The molecular weight excluding hydrogens is 406 g/mol. The predicted molar refractivity (Wildman–Crippen MR) is 115 cm³/mol. The first-order valence-corrected chi connectivity index (χ1v) is 11.0. The molecule has 0 aliphatic heterocycles. The number of anilines is 1. The predicted octanol–water partition coefficient (Wildman–Crippen LogP) is 2.77. The minimum atomic E-state index is -4.03. The van der Waals surface area contributed by atoms with Gasteiger partial charge in [0.15, 0.2) is 5.58 Å². The van der Waals surface area contributed by atoms with Gasteiger partial charge in [-0.15, -0.1) is 0 Å². The van der Waals surface area contributed by atoms with Crippen molar-refractivity contribution in [3.05, 3.63) is 58.6 Å². The van der Waals surface area contributed by atoms with Crippen LogP contribution in [0.2, 0.25) is 0 Å². The second-order valence-corrected chi connectivity index (χ2v) is 9.43. The van der Waals surface area contributed by atoms with Crippen molar-refractivity contribution in [3.63, 3.8) is 0 Å². The number of benzene rings is 2. The molecular formula is C21H25N3O5S.